The summed E-state index contributed by atoms with van der Waals surface area (Å²) in [5.41, 5.74) is 4.88. The van der Waals surface area contributed by atoms with Crippen molar-refractivity contribution in [3.05, 3.63) is 0 Å². The van der Waals surface area contributed by atoms with E-state index in [1.165, 1.54) is 0 Å². The third-order valence-electron chi connectivity index (χ3n) is 1.17. The lowest BCUT2D eigenvalue weighted by Crippen LogP contribution is -2.45. The van der Waals surface area contributed by atoms with Crippen LogP contribution in [0.2, 0.25) is 0 Å². The van der Waals surface area contributed by atoms with Crippen molar-refractivity contribution in [1.82, 2.24) is 11.1 Å². The minimum absolute atomic E-state index is 0. The number of carbonyl (C=O) groups is 1. The summed E-state index contributed by atoms with van der Waals surface area (Å²) in [6, 6.07) is -0.286. The number of amides is 2. The lowest BCUT2D eigenvalue weighted by Gasteiger charge is -2.28. The van der Waals surface area contributed by atoms with E-state index in [4.69, 9.17) is 5.73 Å². The van der Waals surface area contributed by atoms with Crippen molar-refractivity contribution in [3.8, 4) is 0 Å². The number of carbonyl (C=O) groups excluding carboxylic acids is 1. The molecule has 8 heavy (non-hydrogen) atoms. The van der Waals surface area contributed by atoms with Gasteiger partial charge in [0.05, 0.1) is 0 Å². The van der Waals surface area contributed by atoms with E-state index in [-0.39, 0.29) is 12.2 Å². The molecule has 0 atom stereocenters. The third kappa shape index (κ3) is 1.10. The van der Waals surface area contributed by atoms with Gasteiger partial charge in [-0.3, -0.25) is 0 Å². The van der Waals surface area contributed by atoms with E-state index >= 15 is 0 Å². The normalized spacial score (nSPS) is 16.2. The van der Waals surface area contributed by atoms with Crippen LogP contribution in [0.25, 0.3) is 0 Å². The zero-order valence-electron chi connectivity index (χ0n) is 4.50. The van der Waals surface area contributed by atoms with Crippen LogP contribution in [-0.2, 0) is 0 Å². The second kappa shape index (κ2) is 2.52. The molecular formula is C4H8N3O. The van der Waals surface area contributed by atoms with Crippen LogP contribution in [0.3, 0.4) is 0 Å². The molecule has 0 aromatic heterocycles. The van der Waals surface area contributed by atoms with E-state index in [0.717, 1.165) is 19.5 Å². The summed E-state index contributed by atoms with van der Waals surface area (Å²) in [6.07, 6.45) is 1.11. The first kappa shape index (κ1) is 7.23. The molecule has 1 saturated heterocycles. The van der Waals surface area contributed by atoms with Crippen LogP contribution in [0.15, 0.2) is 0 Å². The van der Waals surface area contributed by atoms with Crippen LogP contribution in [0.5, 0.6) is 0 Å². The number of rotatable bonds is 0. The molecule has 1 fully saturated rings. The summed E-state index contributed by atoms with van der Waals surface area (Å²) in [5, 5.41) is 0. The monoisotopic (exact) mass is 114 g/mol. The van der Waals surface area contributed by atoms with Gasteiger partial charge >= 0.3 is 6.03 Å². The molecule has 3 radical (unpaired) electrons. The average molecular weight is 114 g/mol. The van der Waals surface area contributed by atoms with Crippen LogP contribution in [0, 0.1) is 0 Å². The second-order valence-electron chi connectivity index (χ2n) is 1.68. The predicted octanol–water partition coefficient (Wildman–Crippen LogP) is -0.710. The van der Waals surface area contributed by atoms with Gasteiger partial charge in [0, 0.05) is 19.2 Å². The number of nitrogens with zero attached hydrogens (tertiary/aromatic N) is 2. The molecule has 4 heteroatoms. The summed E-state index contributed by atoms with van der Waals surface area (Å²) in [5.74, 6) is 0. The molecule has 1 aliphatic heterocycles. The van der Waals surface area contributed by atoms with Gasteiger partial charge in [0.15, 0.2) is 0 Å². The van der Waals surface area contributed by atoms with Crippen molar-refractivity contribution in [2.45, 2.75) is 6.42 Å². The van der Waals surface area contributed by atoms with E-state index in [2.05, 4.69) is 0 Å². The topological polar surface area (TPSA) is 76.8 Å². The smallest absolute Gasteiger partial charge is 0.314 e. The van der Waals surface area contributed by atoms with Crippen molar-refractivity contribution < 1.29 is 4.79 Å². The van der Waals surface area contributed by atoms with E-state index in [9.17, 15) is 4.79 Å². The summed E-state index contributed by atoms with van der Waals surface area (Å²) < 4.78 is 0. The van der Waals surface area contributed by atoms with Crippen LogP contribution in [0.4, 0.5) is 4.79 Å². The molecular weight excluding hydrogens is 106 g/mol. The van der Waals surface area contributed by atoms with E-state index < -0.39 is 0 Å². The van der Waals surface area contributed by atoms with Crippen molar-refractivity contribution in [2.75, 3.05) is 13.1 Å². The van der Waals surface area contributed by atoms with Crippen LogP contribution >= 0.6 is 0 Å². The Labute approximate surface area is 48.2 Å². The highest BCUT2D eigenvalue weighted by Crippen LogP contribution is 2.02. The number of hydrogen-bond donors (Lipinski definition) is 1. The van der Waals surface area contributed by atoms with Crippen LogP contribution in [-0.4, -0.2) is 24.0 Å². The number of primary amides is 1. The first-order chi connectivity index (χ1) is 3.30. The maximum atomic E-state index is 10.1. The second-order valence-corrected chi connectivity index (χ2v) is 1.68. The van der Waals surface area contributed by atoms with Crippen molar-refractivity contribution in [3.63, 3.8) is 0 Å². The Kier molecular flexibility index (Phi) is 2.27. The fourth-order valence-corrected chi connectivity index (χ4v) is 0.537. The molecule has 0 saturated carbocycles. The summed E-state index contributed by atoms with van der Waals surface area (Å²) in [6.45, 7) is 1.71. The Hall–Kier alpha value is -0.770. The fraction of sp³-hybridized carbons (Fsp3) is 0.750. The van der Waals surface area contributed by atoms with Gasteiger partial charge in [0.2, 0.25) is 0 Å². The Bertz CT molecular complexity index is 89.3. The lowest BCUT2D eigenvalue weighted by atomic mass is 10.2. The van der Waals surface area contributed by atoms with Gasteiger partial charge in [-0.25, -0.2) is 4.79 Å². The number of hydrogen-bond acceptors (Lipinski definition) is 1. The SMILES string of the molecule is NC(=O)N1CCC1.[N]. The van der Waals surface area contributed by atoms with E-state index in [0.29, 0.717) is 0 Å². The van der Waals surface area contributed by atoms with Crippen molar-refractivity contribution in [2.24, 2.45) is 5.73 Å². The first-order valence-corrected chi connectivity index (χ1v) is 2.35. The number of urea groups is 1. The van der Waals surface area contributed by atoms with E-state index in [1.807, 2.05) is 0 Å². The molecule has 2 N–H and O–H groups in total. The Balaban J connectivity index is 0.000000490. The van der Waals surface area contributed by atoms with Crippen molar-refractivity contribution >= 4 is 6.03 Å². The zero-order valence-corrected chi connectivity index (χ0v) is 4.50. The number of likely N-dealkylation sites (tertiary alicyclic amines) is 1. The molecule has 0 aromatic carbocycles. The van der Waals surface area contributed by atoms with Gasteiger partial charge in [-0.1, -0.05) is 0 Å². The molecule has 0 aliphatic carbocycles. The van der Waals surface area contributed by atoms with E-state index in [1.54, 1.807) is 4.90 Å². The fourth-order valence-electron chi connectivity index (χ4n) is 0.537. The maximum Gasteiger partial charge on any atom is 0.314 e. The molecule has 0 unspecified atom stereocenters. The summed E-state index contributed by atoms with van der Waals surface area (Å²) in [7, 11) is 0. The number of nitrogens with two attached hydrogens (primary N) is 1. The summed E-state index contributed by atoms with van der Waals surface area (Å²) in [4.78, 5) is 11.7. The first-order valence-electron chi connectivity index (χ1n) is 2.35. The van der Waals surface area contributed by atoms with Crippen LogP contribution < -0.4 is 11.9 Å². The van der Waals surface area contributed by atoms with Gasteiger partial charge in [-0.15, -0.1) is 0 Å². The minimum Gasteiger partial charge on any atom is -0.351 e. The highest BCUT2D eigenvalue weighted by molar-refractivity contribution is 5.72. The maximum absolute atomic E-state index is 10.1. The highest BCUT2D eigenvalue weighted by Gasteiger charge is 2.15. The quantitative estimate of drug-likeness (QED) is 0.443. The summed E-state index contributed by atoms with van der Waals surface area (Å²) >= 11 is 0. The van der Waals surface area contributed by atoms with Gasteiger partial charge in [0.25, 0.3) is 0 Å². The molecule has 2 amide bonds. The third-order valence-corrected chi connectivity index (χ3v) is 1.17. The Morgan fingerprint density at radius 2 is 2.00 bits per heavy atom. The Morgan fingerprint density at radius 3 is 2.00 bits per heavy atom. The zero-order chi connectivity index (χ0) is 5.28. The lowest BCUT2D eigenvalue weighted by molar-refractivity contribution is 0.177. The molecule has 1 aliphatic rings. The molecule has 45 valence electrons. The molecule has 0 aromatic rings. The molecule has 1 rings (SSSR count). The Morgan fingerprint density at radius 1 is 1.50 bits per heavy atom. The molecule has 4 nitrogen and oxygen atoms in total. The van der Waals surface area contributed by atoms with Crippen LogP contribution in [0.1, 0.15) is 6.42 Å². The van der Waals surface area contributed by atoms with Crippen molar-refractivity contribution in [1.29, 1.82) is 0 Å². The van der Waals surface area contributed by atoms with Gasteiger partial charge < -0.3 is 10.6 Å². The standard InChI is InChI=1S/C4H8N2O.N/c5-4(7)6-2-1-3-6;/h1-3H2,(H2,5,7);. The molecule has 0 spiro atoms. The van der Waals surface area contributed by atoms with Gasteiger partial charge in [-0.2, -0.15) is 0 Å². The highest BCUT2D eigenvalue weighted by atomic mass is 16.2. The largest absolute Gasteiger partial charge is 0.351 e. The van der Waals surface area contributed by atoms with Gasteiger partial charge in [-0.05, 0) is 6.42 Å². The molecule has 1 heterocycles. The molecule has 0 bridgehead atoms. The predicted molar refractivity (Wildman–Crippen MR) is 27.9 cm³/mol. The van der Waals surface area contributed by atoms with Gasteiger partial charge in [0.1, 0.15) is 0 Å². The average Bonchev–Trinajstić information content (AvgIpc) is 1.23. The minimum atomic E-state index is -0.286.